The summed E-state index contributed by atoms with van der Waals surface area (Å²) in [5.41, 5.74) is 4.32. The van der Waals surface area contributed by atoms with Crippen LogP contribution in [0.25, 0.3) is 0 Å². The molecule has 112 valence electrons. The Labute approximate surface area is 122 Å². The van der Waals surface area contributed by atoms with E-state index in [4.69, 9.17) is 17.3 Å². The Morgan fingerprint density at radius 3 is 2.24 bits per heavy atom. The molecular weight excluding hydrogens is 331 g/mol. The van der Waals surface area contributed by atoms with Crippen molar-refractivity contribution >= 4 is 33.1 Å². The molecule has 0 saturated heterocycles. The molecule has 0 aliphatic rings. The van der Waals surface area contributed by atoms with Crippen molar-refractivity contribution in [1.29, 1.82) is 0 Å². The maximum Gasteiger partial charge on any atom is 0.263 e. The van der Waals surface area contributed by atoms with E-state index >= 15 is 0 Å². The Hall–Kier alpha value is -2.00. The molecular formula is C11H7ClF3N3O2S. The van der Waals surface area contributed by atoms with Gasteiger partial charge < -0.3 is 5.73 Å². The molecule has 0 aliphatic carbocycles. The summed E-state index contributed by atoms with van der Waals surface area (Å²) < 4.78 is 65.2. The maximum absolute atomic E-state index is 13.4. The van der Waals surface area contributed by atoms with E-state index in [0.717, 1.165) is 12.3 Å². The highest BCUT2D eigenvalue weighted by Gasteiger charge is 2.21. The third kappa shape index (κ3) is 3.19. The Balaban J connectivity index is 2.44. The third-order valence-corrected chi connectivity index (χ3v) is 4.02. The summed E-state index contributed by atoms with van der Waals surface area (Å²) in [6.45, 7) is 0. The normalized spacial score (nSPS) is 11.4. The zero-order valence-corrected chi connectivity index (χ0v) is 11.6. The summed E-state index contributed by atoms with van der Waals surface area (Å²) in [4.78, 5) is 3.07. The summed E-state index contributed by atoms with van der Waals surface area (Å²) in [6.07, 6.45) is 0.864. The molecule has 0 fully saturated rings. The number of benzene rings is 1. The van der Waals surface area contributed by atoms with Gasteiger partial charge in [-0.3, -0.25) is 4.72 Å². The van der Waals surface area contributed by atoms with E-state index in [-0.39, 0.29) is 10.8 Å². The van der Waals surface area contributed by atoms with Gasteiger partial charge in [0.2, 0.25) is 0 Å². The van der Waals surface area contributed by atoms with Gasteiger partial charge in [-0.05, 0) is 6.07 Å². The smallest absolute Gasteiger partial charge is 0.263 e. The molecule has 0 spiro atoms. The minimum atomic E-state index is -4.37. The molecule has 3 N–H and O–H groups in total. The van der Waals surface area contributed by atoms with Crippen LogP contribution in [0, 0.1) is 17.5 Å². The zero-order valence-electron chi connectivity index (χ0n) is 10.1. The number of rotatable bonds is 3. The van der Waals surface area contributed by atoms with Crippen molar-refractivity contribution in [2.75, 3.05) is 10.5 Å². The second-order valence-corrected chi connectivity index (χ2v) is 5.98. The van der Waals surface area contributed by atoms with E-state index in [0.29, 0.717) is 12.1 Å². The lowest BCUT2D eigenvalue weighted by molar-refractivity contribution is 0.547. The van der Waals surface area contributed by atoms with Gasteiger partial charge in [-0.2, -0.15) is 0 Å². The van der Waals surface area contributed by atoms with Crippen LogP contribution < -0.4 is 10.5 Å². The average molecular weight is 338 g/mol. The first-order chi connectivity index (χ1) is 9.70. The highest BCUT2D eigenvalue weighted by Crippen LogP contribution is 2.25. The molecule has 0 aliphatic heterocycles. The Kier molecular flexibility index (Phi) is 3.97. The molecule has 1 aromatic carbocycles. The van der Waals surface area contributed by atoms with Crippen molar-refractivity contribution in [1.82, 2.24) is 4.98 Å². The number of anilines is 2. The van der Waals surface area contributed by atoms with E-state index < -0.39 is 38.1 Å². The molecule has 0 amide bonds. The molecule has 1 heterocycles. The van der Waals surface area contributed by atoms with E-state index in [1.807, 2.05) is 0 Å². The highest BCUT2D eigenvalue weighted by molar-refractivity contribution is 7.92. The number of hydrogen-bond donors (Lipinski definition) is 2. The number of halogens is 4. The average Bonchev–Trinajstić information content (AvgIpc) is 2.37. The number of pyridine rings is 1. The first-order valence-electron chi connectivity index (χ1n) is 5.29. The molecule has 10 heteroatoms. The van der Waals surface area contributed by atoms with Gasteiger partial charge in [0, 0.05) is 18.3 Å². The number of hydrogen-bond acceptors (Lipinski definition) is 4. The molecule has 5 nitrogen and oxygen atoms in total. The number of nitrogen functional groups attached to an aromatic ring is 1. The number of nitrogens with zero attached hydrogens (tertiary/aromatic N) is 1. The molecule has 0 saturated carbocycles. The maximum atomic E-state index is 13.4. The van der Waals surface area contributed by atoms with Crippen LogP contribution in [0.4, 0.5) is 24.7 Å². The van der Waals surface area contributed by atoms with Crippen LogP contribution in [0.1, 0.15) is 0 Å². The Morgan fingerprint density at radius 2 is 1.71 bits per heavy atom. The van der Waals surface area contributed by atoms with E-state index in [9.17, 15) is 21.6 Å². The topological polar surface area (TPSA) is 85.1 Å². The number of nitrogens with two attached hydrogens (primary N) is 1. The van der Waals surface area contributed by atoms with Crippen molar-refractivity contribution in [3.05, 3.63) is 46.9 Å². The van der Waals surface area contributed by atoms with Gasteiger partial charge in [0.15, 0.2) is 11.6 Å². The van der Waals surface area contributed by atoms with Gasteiger partial charge in [-0.1, -0.05) is 11.6 Å². The molecule has 0 atom stereocenters. The van der Waals surface area contributed by atoms with Gasteiger partial charge in [-0.25, -0.2) is 26.6 Å². The van der Waals surface area contributed by atoms with E-state index in [1.54, 1.807) is 4.72 Å². The van der Waals surface area contributed by atoms with E-state index in [2.05, 4.69) is 4.98 Å². The van der Waals surface area contributed by atoms with Gasteiger partial charge >= 0.3 is 0 Å². The number of nitrogens with one attached hydrogen (secondary N) is 1. The van der Waals surface area contributed by atoms with Crippen molar-refractivity contribution < 1.29 is 21.6 Å². The second kappa shape index (κ2) is 5.41. The van der Waals surface area contributed by atoms with Crippen LogP contribution in [0.3, 0.4) is 0 Å². The first-order valence-corrected chi connectivity index (χ1v) is 7.15. The molecule has 0 bridgehead atoms. The van der Waals surface area contributed by atoms with Crippen LogP contribution in [-0.4, -0.2) is 13.4 Å². The monoisotopic (exact) mass is 337 g/mol. The number of sulfonamides is 1. The quantitative estimate of drug-likeness (QED) is 0.901. The fraction of sp³-hybridized carbons (Fsp3) is 0. The summed E-state index contributed by atoms with van der Waals surface area (Å²) in [7, 11) is -4.37. The minimum Gasteiger partial charge on any atom is -0.382 e. The molecule has 0 radical (unpaired) electrons. The highest BCUT2D eigenvalue weighted by atomic mass is 35.5. The predicted molar refractivity (Wildman–Crippen MR) is 70.8 cm³/mol. The lowest BCUT2D eigenvalue weighted by Crippen LogP contribution is -2.16. The SMILES string of the molecule is Nc1ncc(S(=O)(=O)Nc2c(F)cc(F)cc2F)cc1Cl. The standard InChI is InChI=1S/C11H7ClF3N3O2S/c12-7-3-6(4-17-11(7)16)21(19,20)18-10-8(14)1-5(13)2-9(10)15/h1-4,18H,(H2,16,17). The van der Waals surface area contributed by atoms with Crippen LogP contribution >= 0.6 is 11.6 Å². The van der Waals surface area contributed by atoms with Crippen molar-refractivity contribution in [3.8, 4) is 0 Å². The lowest BCUT2D eigenvalue weighted by atomic mass is 10.3. The second-order valence-electron chi connectivity index (χ2n) is 3.89. The van der Waals surface area contributed by atoms with Gasteiger partial charge in [-0.15, -0.1) is 0 Å². The van der Waals surface area contributed by atoms with Gasteiger partial charge in [0.25, 0.3) is 10.0 Å². The van der Waals surface area contributed by atoms with Crippen LogP contribution in [-0.2, 0) is 10.0 Å². The van der Waals surface area contributed by atoms with E-state index in [1.165, 1.54) is 0 Å². The van der Waals surface area contributed by atoms with Crippen LogP contribution in [0.15, 0.2) is 29.3 Å². The summed E-state index contributed by atoms with van der Waals surface area (Å²) >= 11 is 5.63. The fourth-order valence-electron chi connectivity index (χ4n) is 1.41. The Bertz CT molecular complexity index is 791. The van der Waals surface area contributed by atoms with Gasteiger partial charge in [0.05, 0.1) is 5.02 Å². The van der Waals surface area contributed by atoms with Crippen molar-refractivity contribution in [2.24, 2.45) is 0 Å². The van der Waals surface area contributed by atoms with Crippen molar-refractivity contribution in [3.63, 3.8) is 0 Å². The first kappa shape index (κ1) is 15.4. The minimum absolute atomic E-state index is 0.102. The molecule has 2 rings (SSSR count). The summed E-state index contributed by atoms with van der Waals surface area (Å²) in [6, 6.07) is 1.65. The lowest BCUT2D eigenvalue weighted by Gasteiger charge is -2.10. The molecule has 21 heavy (non-hydrogen) atoms. The molecule has 0 unspecified atom stereocenters. The zero-order chi connectivity index (χ0) is 15.8. The van der Waals surface area contributed by atoms with Crippen LogP contribution in [0.2, 0.25) is 5.02 Å². The van der Waals surface area contributed by atoms with Crippen LogP contribution in [0.5, 0.6) is 0 Å². The van der Waals surface area contributed by atoms with Gasteiger partial charge in [0.1, 0.15) is 22.2 Å². The Morgan fingerprint density at radius 1 is 1.14 bits per heavy atom. The van der Waals surface area contributed by atoms with Crippen molar-refractivity contribution in [2.45, 2.75) is 4.90 Å². The molecule has 1 aromatic heterocycles. The summed E-state index contributed by atoms with van der Waals surface area (Å²) in [5, 5.41) is -0.141. The fourth-order valence-corrected chi connectivity index (χ4v) is 2.69. The predicted octanol–water partition coefficient (Wildman–Crippen LogP) is 2.54. The molecule has 2 aromatic rings. The largest absolute Gasteiger partial charge is 0.382 e. The number of aromatic nitrogens is 1. The third-order valence-electron chi connectivity index (χ3n) is 2.40. The summed E-state index contributed by atoms with van der Waals surface area (Å²) in [5.74, 6) is -4.07.